The Morgan fingerprint density at radius 1 is 0.870 bits per heavy atom. The fourth-order valence-electron chi connectivity index (χ4n) is 3.11. The first kappa shape index (κ1) is 14.8. The third kappa shape index (κ3) is 2.45. The van der Waals surface area contributed by atoms with Gasteiger partial charge in [0, 0.05) is 0 Å². The average molecular weight is 342 g/mol. The van der Waals surface area contributed by atoms with Gasteiger partial charge in [-0.3, -0.25) is 4.18 Å². The summed E-state index contributed by atoms with van der Waals surface area (Å²) in [5, 5.41) is 6.97. The highest BCUT2D eigenvalue weighted by atomic mass is 33.1. The lowest BCUT2D eigenvalue weighted by Gasteiger charge is -2.13. The van der Waals surface area contributed by atoms with Crippen LogP contribution in [0.5, 0.6) is 0 Å². The Labute approximate surface area is 138 Å². The molecule has 0 unspecified atom stereocenters. The number of rotatable bonds is 4. The van der Waals surface area contributed by atoms with Gasteiger partial charge in [-0.2, -0.15) is 8.42 Å². The minimum atomic E-state index is -3.53. The highest BCUT2D eigenvalue weighted by Gasteiger charge is 2.13. The summed E-state index contributed by atoms with van der Waals surface area (Å²) in [6, 6.07) is 18.6. The topological polar surface area (TPSA) is 43.4 Å². The molecular weight excluding hydrogens is 328 g/mol. The lowest BCUT2D eigenvalue weighted by Crippen LogP contribution is -2.01. The van der Waals surface area contributed by atoms with Crippen molar-refractivity contribution in [1.82, 2.24) is 0 Å². The molecule has 0 bridgehead atoms. The Morgan fingerprint density at radius 2 is 1.48 bits per heavy atom. The Balaban J connectivity index is 1.96. The first-order valence-electron chi connectivity index (χ1n) is 7.19. The number of hydrogen-bond acceptors (Lipinski definition) is 4. The standard InChI is InChI=1S/C18H14O3S2/c1-22-23(19,20)21-11-15-8-7-14-6-5-12-3-2-4-13-9-10-16(15)18(14)17(12)13/h2-10H,11H2,1H3. The second-order valence-electron chi connectivity index (χ2n) is 5.42. The fourth-order valence-corrected chi connectivity index (χ4v) is 3.91. The summed E-state index contributed by atoms with van der Waals surface area (Å²) >= 11 is 0. The molecule has 0 spiro atoms. The highest BCUT2D eigenvalue weighted by Crippen LogP contribution is 2.36. The molecule has 4 aromatic rings. The van der Waals surface area contributed by atoms with Gasteiger partial charge in [-0.25, -0.2) is 0 Å². The van der Waals surface area contributed by atoms with Gasteiger partial charge in [-0.05, 0) is 54.9 Å². The van der Waals surface area contributed by atoms with Crippen molar-refractivity contribution in [1.29, 1.82) is 0 Å². The van der Waals surface area contributed by atoms with Crippen LogP contribution in [-0.4, -0.2) is 14.7 Å². The molecule has 116 valence electrons. The van der Waals surface area contributed by atoms with Crippen LogP contribution < -0.4 is 0 Å². The van der Waals surface area contributed by atoms with E-state index >= 15 is 0 Å². The Bertz CT molecular complexity index is 1100. The van der Waals surface area contributed by atoms with E-state index in [2.05, 4.69) is 42.5 Å². The molecule has 3 nitrogen and oxygen atoms in total. The summed E-state index contributed by atoms with van der Waals surface area (Å²) in [6.45, 7) is 0.0529. The van der Waals surface area contributed by atoms with Crippen LogP contribution in [0, 0.1) is 0 Å². The smallest absolute Gasteiger partial charge is 0.257 e. The van der Waals surface area contributed by atoms with Crippen molar-refractivity contribution in [2.45, 2.75) is 6.61 Å². The van der Waals surface area contributed by atoms with Crippen molar-refractivity contribution >= 4 is 52.3 Å². The normalized spacial score (nSPS) is 12.6. The third-order valence-corrected chi connectivity index (χ3v) is 6.51. The van der Waals surface area contributed by atoms with E-state index < -0.39 is 9.15 Å². The van der Waals surface area contributed by atoms with Crippen molar-refractivity contribution < 1.29 is 12.6 Å². The summed E-state index contributed by atoms with van der Waals surface area (Å²) < 4.78 is 28.3. The molecule has 0 aliphatic heterocycles. The molecule has 0 radical (unpaired) electrons. The van der Waals surface area contributed by atoms with Crippen molar-refractivity contribution in [2.75, 3.05) is 6.26 Å². The molecule has 0 heterocycles. The van der Waals surface area contributed by atoms with Crippen molar-refractivity contribution in [3.05, 3.63) is 60.2 Å². The molecule has 5 heteroatoms. The van der Waals surface area contributed by atoms with Gasteiger partial charge in [-0.15, -0.1) is 0 Å². The van der Waals surface area contributed by atoms with Gasteiger partial charge in [0.05, 0.1) is 6.61 Å². The maximum Gasteiger partial charge on any atom is 0.322 e. The van der Waals surface area contributed by atoms with Crippen molar-refractivity contribution in [2.24, 2.45) is 0 Å². The van der Waals surface area contributed by atoms with Crippen molar-refractivity contribution in [3.63, 3.8) is 0 Å². The van der Waals surface area contributed by atoms with E-state index in [1.54, 1.807) is 0 Å². The quantitative estimate of drug-likeness (QED) is 0.398. The third-order valence-electron chi connectivity index (χ3n) is 4.18. The largest absolute Gasteiger partial charge is 0.322 e. The molecule has 23 heavy (non-hydrogen) atoms. The van der Waals surface area contributed by atoms with E-state index in [9.17, 15) is 8.42 Å². The van der Waals surface area contributed by atoms with Crippen LogP contribution in [0.15, 0.2) is 54.6 Å². The number of benzene rings is 4. The summed E-state index contributed by atoms with van der Waals surface area (Å²) in [4.78, 5) is 0. The van der Waals surface area contributed by atoms with Gasteiger partial charge in [-0.1, -0.05) is 54.6 Å². The van der Waals surface area contributed by atoms with Crippen LogP contribution in [0.3, 0.4) is 0 Å². The minimum Gasteiger partial charge on any atom is -0.257 e. The van der Waals surface area contributed by atoms with E-state index in [0.717, 1.165) is 16.3 Å². The molecule has 0 saturated heterocycles. The summed E-state index contributed by atoms with van der Waals surface area (Å²) in [5.41, 5.74) is 0.883. The molecule has 0 aromatic heterocycles. The van der Waals surface area contributed by atoms with E-state index in [1.165, 1.54) is 27.8 Å². The molecular formula is C18H14O3S2. The molecule has 0 aliphatic carbocycles. The molecule has 0 aliphatic rings. The molecule has 0 amide bonds. The Morgan fingerprint density at radius 3 is 2.17 bits per heavy atom. The minimum absolute atomic E-state index is 0.0529. The van der Waals surface area contributed by atoms with Gasteiger partial charge < -0.3 is 0 Å². The SMILES string of the molecule is CSS(=O)(=O)OCc1ccc2ccc3cccc4ccc1c2c34. The van der Waals surface area contributed by atoms with Crippen LogP contribution >= 0.6 is 10.8 Å². The monoisotopic (exact) mass is 342 g/mol. The lowest BCUT2D eigenvalue weighted by atomic mass is 9.92. The first-order valence-corrected chi connectivity index (χ1v) is 10.3. The molecule has 0 saturated carbocycles. The Kier molecular flexibility index (Phi) is 3.44. The van der Waals surface area contributed by atoms with E-state index in [0.29, 0.717) is 10.8 Å². The Hall–Kier alpha value is -1.82. The zero-order chi connectivity index (χ0) is 16.0. The zero-order valence-corrected chi connectivity index (χ0v) is 14.1. The van der Waals surface area contributed by atoms with E-state index in [4.69, 9.17) is 4.18 Å². The van der Waals surface area contributed by atoms with Crippen molar-refractivity contribution in [3.8, 4) is 0 Å². The zero-order valence-electron chi connectivity index (χ0n) is 12.4. The molecule has 0 fully saturated rings. The summed E-state index contributed by atoms with van der Waals surface area (Å²) in [7, 11) is -2.82. The fraction of sp³-hybridized carbons (Fsp3) is 0.111. The number of hydrogen-bond donors (Lipinski definition) is 0. The molecule has 4 rings (SSSR count). The van der Waals surface area contributed by atoms with Gasteiger partial charge in [0.1, 0.15) is 0 Å². The van der Waals surface area contributed by atoms with E-state index in [1.807, 2.05) is 12.1 Å². The van der Waals surface area contributed by atoms with Gasteiger partial charge in [0.15, 0.2) is 0 Å². The van der Waals surface area contributed by atoms with Gasteiger partial charge >= 0.3 is 9.15 Å². The second-order valence-corrected chi connectivity index (χ2v) is 9.03. The highest BCUT2D eigenvalue weighted by molar-refractivity contribution is 8.70. The maximum absolute atomic E-state index is 11.6. The van der Waals surface area contributed by atoms with Crippen LogP contribution in [0.1, 0.15) is 5.56 Å². The van der Waals surface area contributed by atoms with Crippen LogP contribution in [-0.2, 0) is 19.9 Å². The van der Waals surface area contributed by atoms with Crippen LogP contribution in [0.25, 0.3) is 32.3 Å². The van der Waals surface area contributed by atoms with Crippen LogP contribution in [0.4, 0.5) is 0 Å². The van der Waals surface area contributed by atoms with Gasteiger partial charge in [0.25, 0.3) is 0 Å². The predicted octanol–water partition coefficient (Wildman–Crippen LogP) is 4.71. The maximum atomic E-state index is 11.6. The van der Waals surface area contributed by atoms with Gasteiger partial charge in [0.2, 0.25) is 0 Å². The molecule has 0 atom stereocenters. The average Bonchev–Trinajstić information content (AvgIpc) is 2.58. The second kappa shape index (κ2) is 5.37. The van der Waals surface area contributed by atoms with E-state index in [-0.39, 0.29) is 6.61 Å². The molecule has 0 N–H and O–H groups in total. The lowest BCUT2D eigenvalue weighted by molar-refractivity contribution is 0.320. The summed E-state index contributed by atoms with van der Waals surface area (Å²) in [5.74, 6) is 0. The van der Waals surface area contributed by atoms with Crippen LogP contribution in [0.2, 0.25) is 0 Å². The predicted molar refractivity (Wildman–Crippen MR) is 97.4 cm³/mol. The first-order chi connectivity index (χ1) is 11.1. The summed E-state index contributed by atoms with van der Waals surface area (Å²) in [6.07, 6.45) is 1.50. The molecule has 4 aromatic carbocycles.